The summed E-state index contributed by atoms with van der Waals surface area (Å²) in [6.07, 6.45) is 4.39. The monoisotopic (exact) mass is 346 g/mol. The molecule has 7 nitrogen and oxygen atoms in total. The first kappa shape index (κ1) is 17.9. The molecule has 1 aromatic heterocycles. The van der Waals surface area contributed by atoms with Gasteiger partial charge >= 0.3 is 6.03 Å². The van der Waals surface area contributed by atoms with E-state index in [1.165, 1.54) is 12.8 Å². The van der Waals surface area contributed by atoms with Gasteiger partial charge in [0.2, 0.25) is 0 Å². The van der Waals surface area contributed by atoms with Crippen LogP contribution in [0, 0.1) is 0 Å². The van der Waals surface area contributed by atoms with Crippen molar-refractivity contribution in [2.24, 2.45) is 0 Å². The summed E-state index contributed by atoms with van der Waals surface area (Å²) >= 11 is 0. The number of piperazine rings is 1. The molecule has 3 rings (SSSR count). The van der Waals surface area contributed by atoms with E-state index in [4.69, 9.17) is 0 Å². The average Bonchev–Trinajstić information content (AvgIpc) is 3.14. The standard InChI is InChI=1S/C18H30N6O/c1-22-10-12-24(13-11-22)17-14-16(4-5-19-17)15-21-18(25)20-6-9-23-7-2-3-8-23/h4-5,14H,2-3,6-13,15H2,1H3,(H2,20,21,25). The lowest BCUT2D eigenvalue weighted by molar-refractivity contribution is 0.238. The molecule has 2 saturated heterocycles. The first-order chi connectivity index (χ1) is 12.2. The molecule has 1 aromatic rings. The van der Waals surface area contributed by atoms with E-state index in [0.29, 0.717) is 13.1 Å². The molecule has 2 aliphatic heterocycles. The summed E-state index contributed by atoms with van der Waals surface area (Å²) in [5.41, 5.74) is 1.08. The zero-order valence-electron chi connectivity index (χ0n) is 15.2. The number of carbonyl (C=O) groups is 1. The Hall–Kier alpha value is -1.86. The number of likely N-dealkylation sites (tertiary alicyclic amines) is 1. The molecule has 0 spiro atoms. The van der Waals surface area contributed by atoms with Gasteiger partial charge in [-0.05, 0) is 50.7 Å². The summed E-state index contributed by atoms with van der Waals surface area (Å²) in [5.74, 6) is 1.00. The number of pyridine rings is 1. The third-order valence-electron chi connectivity index (χ3n) is 5.00. The summed E-state index contributed by atoms with van der Waals surface area (Å²) in [6.45, 7) is 8.61. The molecule has 0 bridgehead atoms. The minimum absolute atomic E-state index is 0.0999. The smallest absolute Gasteiger partial charge is 0.315 e. The Balaban J connectivity index is 1.40. The molecule has 0 saturated carbocycles. The minimum atomic E-state index is -0.0999. The van der Waals surface area contributed by atoms with Gasteiger partial charge in [-0.1, -0.05) is 0 Å². The lowest BCUT2D eigenvalue weighted by Crippen LogP contribution is -2.44. The predicted molar refractivity (Wildman–Crippen MR) is 99.9 cm³/mol. The highest BCUT2D eigenvalue weighted by Gasteiger charge is 2.15. The van der Waals surface area contributed by atoms with Crippen LogP contribution in [0.2, 0.25) is 0 Å². The van der Waals surface area contributed by atoms with Crippen LogP contribution in [-0.2, 0) is 6.54 Å². The molecule has 2 aliphatic rings. The van der Waals surface area contributed by atoms with E-state index in [9.17, 15) is 4.79 Å². The van der Waals surface area contributed by atoms with Gasteiger partial charge < -0.3 is 25.3 Å². The van der Waals surface area contributed by atoms with Crippen LogP contribution < -0.4 is 15.5 Å². The lowest BCUT2D eigenvalue weighted by atomic mass is 10.2. The zero-order valence-corrected chi connectivity index (χ0v) is 15.2. The van der Waals surface area contributed by atoms with Crippen LogP contribution in [0.3, 0.4) is 0 Å². The van der Waals surface area contributed by atoms with Crippen molar-refractivity contribution in [2.75, 3.05) is 64.3 Å². The number of carbonyl (C=O) groups excluding carboxylic acids is 1. The fraction of sp³-hybridized carbons (Fsp3) is 0.667. The van der Waals surface area contributed by atoms with Crippen LogP contribution in [0.25, 0.3) is 0 Å². The van der Waals surface area contributed by atoms with E-state index in [-0.39, 0.29) is 6.03 Å². The van der Waals surface area contributed by atoms with Crippen LogP contribution >= 0.6 is 0 Å². The van der Waals surface area contributed by atoms with Crippen LogP contribution in [-0.4, -0.2) is 80.2 Å². The molecular formula is C18H30N6O. The quantitative estimate of drug-likeness (QED) is 0.795. The number of aromatic nitrogens is 1. The molecule has 2 fully saturated rings. The normalized spacial score (nSPS) is 19.2. The van der Waals surface area contributed by atoms with E-state index in [2.05, 4.69) is 43.4 Å². The summed E-state index contributed by atoms with van der Waals surface area (Å²) in [7, 11) is 2.15. The maximum absolute atomic E-state index is 11.9. The first-order valence-electron chi connectivity index (χ1n) is 9.33. The van der Waals surface area contributed by atoms with Gasteiger partial charge in [-0.15, -0.1) is 0 Å². The summed E-state index contributed by atoms with van der Waals surface area (Å²) in [5, 5.41) is 5.88. The fourth-order valence-electron chi connectivity index (χ4n) is 3.36. The van der Waals surface area contributed by atoms with Crippen LogP contribution in [0.5, 0.6) is 0 Å². The van der Waals surface area contributed by atoms with Gasteiger partial charge in [0.25, 0.3) is 0 Å². The number of anilines is 1. The molecule has 7 heteroatoms. The number of likely N-dealkylation sites (N-methyl/N-ethyl adjacent to an activating group) is 1. The second-order valence-corrected chi connectivity index (χ2v) is 6.97. The number of nitrogens with one attached hydrogen (secondary N) is 2. The average molecular weight is 346 g/mol. The Morgan fingerprint density at radius 2 is 1.88 bits per heavy atom. The van der Waals surface area contributed by atoms with Crippen molar-refractivity contribution in [3.63, 3.8) is 0 Å². The van der Waals surface area contributed by atoms with Crippen LogP contribution in [0.4, 0.5) is 10.6 Å². The Labute approximate surface area is 150 Å². The predicted octanol–water partition coefficient (Wildman–Crippen LogP) is 0.728. The van der Waals surface area contributed by atoms with Crippen molar-refractivity contribution in [3.05, 3.63) is 23.9 Å². The van der Waals surface area contributed by atoms with E-state index in [1.807, 2.05) is 12.3 Å². The third-order valence-corrected chi connectivity index (χ3v) is 5.00. The third kappa shape index (κ3) is 5.57. The number of hydrogen-bond acceptors (Lipinski definition) is 5. The maximum Gasteiger partial charge on any atom is 0.315 e. The van der Waals surface area contributed by atoms with Gasteiger partial charge in [-0.25, -0.2) is 9.78 Å². The van der Waals surface area contributed by atoms with E-state index in [1.54, 1.807) is 0 Å². The lowest BCUT2D eigenvalue weighted by Gasteiger charge is -2.33. The summed E-state index contributed by atoms with van der Waals surface area (Å²) in [6, 6.07) is 3.94. The Kier molecular flexibility index (Phi) is 6.47. The first-order valence-corrected chi connectivity index (χ1v) is 9.33. The highest BCUT2D eigenvalue weighted by Crippen LogP contribution is 2.14. The molecule has 0 unspecified atom stereocenters. The van der Waals surface area contributed by atoms with Crippen molar-refractivity contribution >= 4 is 11.8 Å². The Morgan fingerprint density at radius 3 is 2.64 bits per heavy atom. The van der Waals surface area contributed by atoms with Crippen molar-refractivity contribution in [1.29, 1.82) is 0 Å². The topological polar surface area (TPSA) is 63.7 Å². The molecule has 0 aromatic carbocycles. The molecule has 0 atom stereocenters. The fourth-order valence-corrected chi connectivity index (χ4v) is 3.36. The van der Waals surface area contributed by atoms with Crippen molar-refractivity contribution in [2.45, 2.75) is 19.4 Å². The molecule has 2 N–H and O–H groups in total. The number of urea groups is 1. The van der Waals surface area contributed by atoms with E-state index >= 15 is 0 Å². The second-order valence-electron chi connectivity index (χ2n) is 6.97. The number of hydrogen-bond donors (Lipinski definition) is 2. The van der Waals surface area contributed by atoms with Crippen LogP contribution in [0.15, 0.2) is 18.3 Å². The number of rotatable bonds is 6. The highest BCUT2D eigenvalue weighted by molar-refractivity contribution is 5.73. The number of amides is 2. The molecule has 0 radical (unpaired) electrons. The van der Waals surface area contributed by atoms with Crippen molar-refractivity contribution in [3.8, 4) is 0 Å². The van der Waals surface area contributed by atoms with Gasteiger partial charge in [0, 0.05) is 52.0 Å². The molecule has 0 aliphatic carbocycles. The molecule has 2 amide bonds. The zero-order chi connectivity index (χ0) is 17.5. The highest BCUT2D eigenvalue weighted by atomic mass is 16.2. The molecular weight excluding hydrogens is 316 g/mol. The van der Waals surface area contributed by atoms with Gasteiger partial charge in [0.15, 0.2) is 0 Å². The molecule has 3 heterocycles. The van der Waals surface area contributed by atoms with Gasteiger partial charge in [0.1, 0.15) is 5.82 Å². The maximum atomic E-state index is 11.9. The van der Waals surface area contributed by atoms with Crippen molar-refractivity contribution < 1.29 is 4.79 Å². The van der Waals surface area contributed by atoms with Crippen LogP contribution in [0.1, 0.15) is 18.4 Å². The largest absolute Gasteiger partial charge is 0.354 e. The molecule has 138 valence electrons. The minimum Gasteiger partial charge on any atom is -0.354 e. The summed E-state index contributed by atoms with van der Waals surface area (Å²) in [4.78, 5) is 23.5. The Bertz CT molecular complexity index is 552. The SMILES string of the molecule is CN1CCN(c2cc(CNC(=O)NCCN3CCCC3)ccn2)CC1. The number of nitrogens with zero attached hydrogens (tertiary/aromatic N) is 4. The van der Waals surface area contributed by atoms with Crippen molar-refractivity contribution in [1.82, 2.24) is 25.4 Å². The van der Waals surface area contributed by atoms with E-state index in [0.717, 1.165) is 57.2 Å². The van der Waals surface area contributed by atoms with Gasteiger partial charge in [-0.2, -0.15) is 0 Å². The van der Waals surface area contributed by atoms with Gasteiger partial charge in [-0.3, -0.25) is 0 Å². The second kappa shape index (κ2) is 9.01. The van der Waals surface area contributed by atoms with Gasteiger partial charge in [0.05, 0.1) is 0 Å². The van der Waals surface area contributed by atoms with E-state index < -0.39 is 0 Å². The summed E-state index contributed by atoms with van der Waals surface area (Å²) < 4.78 is 0. The Morgan fingerprint density at radius 1 is 1.12 bits per heavy atom. The molecule has 25 heavy (non-hydrogen) atoms.